The highest BCUT2D eigenvalue weighted by atomic mass is 32.2. The Morgan fingerprint density at radius 2 is 1.95 bits per heavy atom. The van der Waals surface area contributed by atoms with Crippen molar-refractivity contribution >= 4 is 10.0 Å². The Labute approximate surface area is 120 Å². The van der Waals surface area contributed by atoms with Crippen LogP contribution in [0.25, 0.3) is 0 Å². The zero-order valence-electron chi connectivity index (χ0n) is 11.7. The van der Waals surface area contributed by atoms with Crippen molar-refractivity contribution in [3.63, 3.8) is 0 Å². The van der Waals surface area contributed by atoms with E-state index in [0.717, 1.165) is 38.9 Å². The molecule has 1 aromatic rings. The third-order valence-corrected chi connectivity index (χ3v) is 5.17. The SMILES string of the molecule is CCCN1CCC(NS(=O)(=O)c2ccccc2O)CC1. The fourth-order valence-corrected chi connectivity index (χ4v) is 3.96. The Hall–Kier alpha value is -1.11. The first-order valence-electron chi connectivity index (χ1n) is 7.05. The number of nitrogens with zero attached hydrogens (tertiary/aromatic N) is 1. The molecule has 1 aliphatic rings. The predicted molar refractivity (Wildman–Crippen MR) is 78.2 cm³/mol. The zero-order valence-corrected chi connectivity index (χ0v) is 12.6. The molecule has 0 aliphatic carbocycles. The number of hydrogen-bond donors (Lipinski definition) is 2. The van der Waals surface area contributed by atoms with Crippen molar-refractivity contribution in [3.05, 3.63) is 24.3 Å². The van der Waals surface area contributed by atoms with E-state index >= 15 is 0 Å². The number of benzene rings is 1. The molecule has 1 aromatic carbocycles. The highest BCUT2D eigenvalue weighted by Crippen LogP contribution is 2.22. The van der Waals surface area contributed by atoms with Crippen LogP contribution in [0, 0.1) is 0 Å². The van der Waals surface area contributed by atoms with E-state index in [1.165, 1.54) is 12.1 Å². The Kier molecular flexibility index (Phi) is 5.01. The number of phenols is 1. The second kappa shape index (κ2) is 6.56. The molecule has 1 aliphatic heterocycles. The lowest BCUT2D eigenvalue weighted by Crippen LogP contribution is -2.44. The van der Waals surface area contributed by atoms with Gasteiger partial charge in [0.15, 0.2) is 0 Å². The summed E-state index contributed by atoms with van der Waals surface area (Å²) in [5.41, 5.74) is 0. The maximum Gasteiger partial charge on any atom is 0.244 e. The number of rotatable bonds is 5. The Balaban J connectivity index is 1.99. The van der Waals surface area contributed by atoms with E-state index in [4.69, 9.17) is 0 Å². The van der Waals surface area contributed by atoms with E-state index < -0.39 is 10.0 Å². The van der Waals surface area contributed by atoms with Crippen molar-refractivity contribution in [3.8, 4) is 5.75 Å². The molecule has 0 amide bonds. The fraction of sp³-hybridized carbons (Fsp3) is 0.571. The minimum absolute atomic E-state index is 0.0454. The van der Waals surface area contributed by atoms with Crippen molar-refractivity contribution in [2.24, 2.45) is 0 Å². The van der Waals surface area contributed by atoms with Crippen LogP contribution in [0.15, 0.2) is 29.2 Å². The van der Waals surface area contributed by atoms with Gasteiger partial charge in [0.2, 0.25) is 10.0 Å². The van der Waals surface area contributed by atoms with Crippen molar-refractivity contribution in [2.75, 3.05) is 19.6 Å². The lowest BCUT2D eigenvalue weighted by Gasteiger charge is -2.31. The molecule has 0 bridgehead atoms. The molecule has 112 valence electrons. The molecule has 0 unspecified atom stereocenters. The Bertz CT molecular complexity index is 537. The molecule has 0 aromatic heterocycles. The molecule has 2 rings (SSSR count). The van der Waals surface area contributed by atoms with Crippen LogP contribution in [0.4, 0.5) is 0 Å². The van der Waals surface area contributed by atoms with Crippen LogP contribution in [-0.4, -0.2) is 44.1 Å². The van der Waals surface area contributed by atoms with E-state index in [1.54, 1.807) is 12.1 Å². The first-order chi connectivity index (χ1) is 9.53. The van der Waals surface area contributed by atoms with Gasteiger partial charge in [0.05, 0.1) is 0 Å². The van der Waals surface area contributed by atoms with Gasteiger partial charge in [-0.2, -0.15) is 0 Å². The molecule has 0 spiro atoms. The minimum Gasteiger partial charge on any atom is -0.507 e. The normalized spacial score (nSPS) is 18.2. The van der Waals surface area contributed by atoms with Crippen molar-refractivity contribution in [2.45, 2.75) is 37.1 Å². The van der Waals surface area contributed by atoms with Gasteiger partial charge in [-0.1, -0.05) is 19.1 Å². The summed E-state index contributed by atoms with van der Waals surface area (Å²) in [4.78, 5) is 2.31. The minimum atomic E-state index is -3.64. The highest BCUT2D eigenvalue weighted by molar-refractivity contribution is 7.89. The molecule has 1 heterocycles. The summed E-state index contributed by atoms with van der Waals surface area (Å²) in [6.07, 6.45) is 2.74. The standard InChI is InChI=1S/C14H22N2O3S/c1-2-9-16-10-7-12(8-11-16)15-20(18,19)14-6-4-3-5-13(14)17/h3-6,12,15,17H,2,7-11H2,1H3. The summed E-state index contributed by atoms with van der Waals surface area (Å²) in [6, 6.07) is 5.98. The van der Waals surface area contributed by atoms with Crippen LogP contribution >= 0.6 is 0 Å². The van der Waals surface area contributed by atoms with Crippen molar-refractivity contribution < 1.29 is 13.5 Å². The molecule has 0 saturated carbocycles. The maximum absolute atomic E-state index is 12.2. The lowest BCUT2D eigenvalue weighted by atomic mass is 10.1. The monoisotopic (exact) mass is 298 g/mol. The number of phenolic OH excluding ortho intramolecular Hbond substituents is 1. The second-order valence-electron chi connectivity index (χ2n) is 5.20. The van der Waals surface area contributed by atoms with Crippen LogP contribution in [0.2, 0.25) is 0 Å². The Morgan fingerprint density at radius 1 is 1.30 bits per heavy atom. The van der Waals surface area contributed by atoms with Gasteiger partial charge in [-0.3, -0.25) is 0 Å². The van der Waals surface area contributed by atoms with E-state index in [9.17, 15) is 13.5 Å². The predicted octanol–water partition coefficient (Wildman–Crippen LogP) is 1.54. The van der Waals surface area contributed by atoms with Gasteiger partial charge < -0.3 is 10.0 Å². The average Bonchev–Trinajstić information content (AvgIpc) is 2.41. The molecule has 1 saturated heterocycles. The van der Waals surface area contributed by atoms with Crippen LogP contribution < -0.4 is 4.72 Å². The van der Waals surface area contributed by atoms with Gasteiger partial charge in [-0.15, -0.1) is 0 Å². The highest BCUT2D eigenvalue weighted by Gasteiger charge is 2.25. The summed E-state index contributed by atoms with van der Waals surface area (Å²) in [6.45, 7) is 5.05. The van der Waals surface area contributed by atoms with Crippen LogP contribution in [0.5, 0.6) is 5.75 Å². The first-order valence-corrected chi connectivity index (χ1v) is 8.54. The molecule has 5 nitrogen and oxygen atoms in total. The molecular weight excluding hydrogens is 276 g/mol. The van der Waals surface area contributed by atoms with Gasteiger partial charge in [0.25, 0.3) is 0 Å². The smallest absolute Gasteiger partial charge is 0.244 e. The quantitative estimate of drug-likeness (QED) is 0.865. The zero-order chi connectivity index (χ0) is 14.6. The van der Waals surface area contributed by atoms with Gasteiger partial charge in [0, 0.05) is 6.04 Å². The number of para-hydroxylation sites is 1. The number of hydrogen-bond acceptors (Lipinski definition) is 4. The number of likely N-dealkylation sites (tertiary alicyclic amines) is 1. The van der Waals surface area contributed by atoms with E-state index in [2.05, 4.69) is 16.5 Å². The maximum atomic E-state index is 12.2. The number of nitrogens with one attached hydrogen (secondary N) is 1. The molecule has 1 fully saturated rings. The van der Waals surface area contributed by atoms with Gasteiger partial charge in [0.1, 0.15) is 10.6 Å². The van der Waals surface area contributed by atoms with Crippen LogP contribution in [-0.2, 0) is 10.0 Å². The third-order valence-electron chi connectivity index (χ3n) is 3.60. The van der Waals surface area contributed by atoms with Crippen LogP contribution in [0.1, 0.15) is 26.2 Å². The largest absolute Gasteiger partial charge is 0.507 e. The molecule has 2 N–H and O–H groups in total. The average molecular weight is 298 g/mol. The van der Waals surface area contributed by atoms with E-state index in [0.29, 0.717) is 0 Å². The summed E-state index contributed by atoms with van der Waals surface area (Å²) in [7, 11) is -3.64. The van der Waals surface area contributed by atoms with Gasteiger partial charge >= 0.3 is 0 Å². The number of sulfonamides is 1. The lowest BCUT2D eigenvalue weighted by molar-refractivity contribution is 0.208. The molecule has 0 radical (unpaired) electrons. The van der Waals surface area contributed by atoms with Crippen molar-refractivity contribution in [1.82, 2.24) is 9.62 Å². The van der Waals surface area contributed by atoms with E-state index in [1.807, 2.05) is 0 Å². The van der Waals surface area contributed by atoms with Gasteiger partial charge in [-0.05, 0) is 51.0 Å². The molecule has 20 heavy (non-hydrogen) atoms. The number of aromatic hydroxyl groups is 1. The number of piperidine rings is 1. The second-order valence-corrected chi connectivity index (χ2v) is 6.89. The third kappa shape index (κ3) is 3.71. The summed E-state index contributed by atoms with van der Waals surface area (Å²) < 4.78 is 27.2. The summed E-state index contributed by atoms with van der Waals surface area (Å²) >= 11 is 0. The van der Waals surface area contributed by atoms with E-state index in [-0.39, 0.29) is 16.7 Å². The molecule has 0 atom stereocenters. The van der Waals surface area contributed by atoms with Gasteiger partial charge in [-0.25, -0.2) is 13.1 Å². The fourth-order valence-electron chi connectivity index (χ4n) is 2.56. The summed E-state index contributed by atoms with van der Waals surface area (Å²) in [5, 5.41) is 9.66. The first kappa shape index (κ1) is 15.3. The molecular formula is C14H22N2O3S. The topological polar surface area (TPSA) is 69.6 Å². The molecule has 6 heteroatoms. The van der Waals surface area contributed by atoms with Crippen LogP contribution in [0.3, 0.4) is 0 Å². The Morgan fingerprint density at radius 3 is 2.55 bits per heavy atom. The summed E-state index contributed by atoms with van der Waals surface area (Å²) in [5.74, 6) is -0.205. The van der Waals surface area contributed by atoms with Crippen molar-refractivity contribution in [1.29, 1.82) is 0 Å².